The quantitative estimate of drug-likeness (QED) is 0.783. The zero-order valence-electron chi connectivity index (χ0n) is 12.3. The van der Waals surface area contributed by atoms with Gasteiger partial charge in [0.15, 0.2) is 0 Å². The van der Waals surface area contributed by atoms with E-state index >= 15 is 0 Å². The van der Waals surface area contributed by atoms with Crippen molar-refractivity contribution >= 4 is 11.6 Å². The van der Waals surface area contributed by atoms with Gasteiger partial charge in [0, 0.05) is 25.0 Å². The molecule has 4 nitrogen and oxygen atoms in total. The van der Waals surface area contributed by atoms with Crippen molar-refractivity contribution in [1.82, 2.24) is 10.3 Å². The highest BCUT2D eigenvalue weighted by molar-refractivity contribution is 5.94. The Bertz CT molecular complexity index is 427. The number of anilines is 1. The number of hydrogen-bond donors (Lipinski definition) is 2. The van der Waals surface area contributed by atoms with E-state index < -0.39 is 0 Å². The van der Waals surface area contributed by atoms with Crippen LogP contribution < -0.4 is 10.6 Å². The molecule has 0 aromatic carbocycles. The molecule has 0 unspecified atom stereocenters. The highest BCUT2D eigenvalue weighted by Gasteiger charge is 2.14. The molecule has 0 atom stereocenters. The van der Waals surface area contributed by atoms with E-state index in [0.29, 0.717) is 11.6 Å². The number of pyridine rings is 1. The SMILES string of the molecule is CCCCNC(=O)c1cncc(NC2CCCCC2)c1. The summed E-state index contributed by atoms with van der Waals surface area (Å²) in [6.07, 6.45) is 11.9. The molecule has 0 bridgehead atoms. The number of hydrogen-bond acceptors (Lipinski definition) is 3. The number of rotatable bonds is 6. The second-order valence-electron chi connectivity index (χ2n) is 5.55. The maximum atomic E-state index is 12.0. The number of unbranched alkanes of at least 4 members (excludes halogenated alkanes) is 1. The first-order valence-electron chi connectivity index (χ1n) is 7.79. The van der Waals surface area contributed by atoms with Crippen LogP contribution in [0.2, 0.25) is 0 Å². The molecule has 1 aliphatic carbocycles. The molecule has 0 radical (unpaired) electrons. The van der Waals surface area contributed by atoms with Crippen molar-refractivity contribution in [1.29, 1.82) is 0 Å². The Hall–Kier alpha value is -1.58. The van der Waals surface area contributed by atoms with E-state index in [-0.39, 0.29) is 5.91 Å². The lowest BCUT2D eigenvalue weighted by Crippen LogP contribution is -2.25. The molecule has 0 saturated heterocycles. The summed E-state index contributed by atoms with van der Waals surface area (Å²) in [6, 6.07) is 2.44. The van der Waals surface area contributed by atoms with Crippen molar-refractivity contribution in [2.24, 2.45) is 0 Å². The number of amides is 1. The van der Waals surface area contributed by atoms with E-state index in [9.17, 15) is 4.79 Å². The Morgan fingerprint density at radius 2 is 2.10 bits per heavy atom. The standard InChI is InChI=1S/C16H25N3O/c1-2-3-9-18-16(20)13-10-15(12-17-11-13)19-14-7-5-4-6-8-14/h10-12,14,19H,2-9H2,1H3,(H,18,20). The van der Waals surface area contributed by atoms with Gasteiger partial charge in [-0.1, -0.05) is 32.6 Å². The van der Waals surface area contributed by atoms with Gasteiger partial charge in [-0.2, -0.15) is 0 Å². The van der Waals surface area contributed by atoms with Crippen molar-refractivity contribution in [3.05, 3.63) is 24.0 Å². The maximum Gasteiger partial charge on any atom is 0.252 e. The normalized spacial score (nSPS) is 15.8. The van der Waals surface area contributed by atoms with Gasteiger partial charge in [-0.25, -0.2) is 0 Å². The van der Waals surface area contributed by atoms with Crippen molar-refractivity contribution in [2.45, 2.75) is 57.9 Å². The van der Waals surface area contributed by atoms with Crippen LogP contribution in [-0.4, -0.2) is 23.5 Å². The minimum atomic E-state index is -0.0294. The number of carbonyl (C=O) groups is 1. The molecule has 1 fully saturated rings. The van der Waals surface area contributed by atoms with Crippen LogP contribution in [0.5, 0.6) is 0 Å². The molecule has 20 heavy (non-hydrogen) atoms. The van der Waals surface area contributed by atoms with Gasteiger partial charge in [-0.15, -0.1) is 0 Å². The molecule has 1 aromatic heterocycles. The number of nitrogens with one attached hydrogen (secondary N) is 2. The second-order valence-corrected chi connectivity index (χ2v) is 5.55. The van der Waals surface area contributed by atoms with Gasteiger partial charge in [0.05, 0.1) is 11.3 Å². The lowest BCUT2D eigenvalue weighted by atomic mass is 9.95. The summed E-state index contributed by atoms with van der Waals surface area (Å²) in [6.45, 7) is 2.85. The predicted molar refractivity (Wildman–Crippen MR) is 82.0 cm³/mol. The zero-order chi connectivity index (χ0) is 14.2. The van der Waals surface area contributed by atoms with Crippen LogP contribution in [0.3, 0.4) is 0 Å². The van der Waals surface area contributed by atoms with Crippen LogP contribution in [0.15, 0.2) is 18.5 Å². The number of aromatic nitrogens is 1. The third kappa shape index (κ3) is 4.51. The molecule has 2 rings (SSSR count). The van der Waals surface area contributed by atoms with E-state index in [1.807, 2.05) is 6.07 Å². The van der Waals surface area contributed by atoms with Crippen LogP contribution in [0.25, 0.3) is 0 Å². The molecule has 2 N–H and O–H groups in total. The minimum absolute atomic E-state index is 0.0294. The van der Waals surface area contributed by atoms with Crippen molar-refractivity contribution in [3.8, 4) is 0 Å². The fraction of sp³-hybridized carbons (Fsp3) is 0.625. The Labute approximate surface area is 121 Å². The fourth-order valence-corrected chi connectivity index (χ4v) is 2.61. The highest BCUT2D eigenvalue weighted by atomic mass is 16.1. The third-order valence-electron chi connectivity index (χ3n) is 3.79. The van der Waals surface area contributed by atoms with Crippen molar-refractivity contribution < 1.29 is 4.79 Å². The first-order chi connectivity index (χ1) is 9.79. The number of carbonyl (C=O) groups excluding carboxylic acids is 1. The Morgan fingerprint density at radius 1 is 1.30 bits per heavy atom. The molecule has 4 heteroatoms. The van der Waals surface area contributed by atoms with Gasteiger partial charge < -0.3 is 10.6 Å². The molecule has 110 valence electrons. The molecule has 1 aromatic rings. The lowest BCUT2D eigenvalue weighted by Gasteiger charge is -2.23. The fourth-order valence-electron chi connectivity index (χ4n) is 2.61. The van der Waals surface area contributed by atoms with Crippen molar-refractivity contribution in [2.75, 3.05) is 11.9 Å². The molecule has 1 saturated carbocycles. The Balaban J connectivity index is 1.91. The van der Waals surface area contributed by atoms with Gasteiger partial charge in [-0.3, -0.25) is 9.78 Å². The topological polar surface area (TPSA) is 54.0 Å². The molecular weight excluding hydrogens is 250 g/mol. The maximum absolute atomic E-state index is 12.0. The monoisotopic (exact) mass is 275 g/mol. The highest BCUT2D eigenvalue weighted by Crippen LogP contribution is 2.21. The number of nitrogens with zero attached hydrogens (tertiary/aromatic N) is 1. The van der Waals surface area contributed by atoms with Crippen LogP contribution >= 0.6 is 0 Å². The third-order valence-corrected chi connectivity index (χ3v) is 3.79. The second kappa shape index (κ2) is 7.88. The first kappa shape index (κ1) is 14.8. The van der Waals surface area contributed by atoms with E-state index in [4.69, 9.17) is 0 Å². The van der Waals surface area contributed by atoms with E-state index in [2.05, 4.69) is 22.5 Å². The smallest absolute Gasteiger partial charge is 0.252 e. The van der Waals surface area contributed by atoms with E-state index in [1.165, 1.54) is 32.1 Å². The van der Waals surface area contributed by atoms with Crippen LogP contribution in [0.4, 0.5) is 5.69 Å². The summed E-state index contributed by atoms with van der Waals surface area (Å²) < 4.78 is 0. The molecule has 0 spiro atoms. The summed E-state index contributed by atoms with van der Waals surface area (Å²) >= 11 is 0. The summed E-state index contributed by atoms with van der Waals surface area (Å²) in [5, 5.41) is 6.42. The van der Waals surface area contributed by atoms with Gasteiger partial charge in [0.25, 0.3) is 5.91 Å². The summed E-state index contributed by atoms with van der Waals surface area (Å²) in [5.74, 6) is -0.0294. The predicted octanol–water partition coefficient (Wildman–Crippen LogP) is 3.36. The first-order valence-corrected chi connectivity index (χ1v) is 7.79. The van der Waals surface area contributed by atoms with Crippen LogP contribution in [0.1, 0.15) is 62.2 Å². The van der Waals surface area contributed by atoms with Gasteiger partial charge in [-0.05, 0) is 25.3 Å². The van der Waals surface area contributed by atoms with Gasteiger partial charge in [0.2, 0.25) is 0 Å². The largest absolute Gasteiger partial charge is 0.381 e. The lowest BCUT2D eigenvalue weighted by molar-refractivity contribution is 0.0953. The Kier molecular flexibility index (Phi) is 5.84. The minimum Gasteiger partial charge on any atom is -0.381 e. The van der Waals surface area contributed by atoms with E-state index in [0.717, 1.165) is 25.1 Å². The molecular formula is C16H25N3O. The van der Waals surface area contributed by atoms with E-state index in [1.54, 1.807) is 12.4 Å². The zero-order valence-corrected chi connectivity index (χ0v) is 12.3. The summed E-state index contributed by atoms with van der Waals surface area (Å²) in [7, 11) is 0. The average Bonchev–Trinajstić information content (AvgIpc) is 2.49. The average molecular weight is 275 g/mol. The Morgan fingerprint density at radius 3 is 2.85 bits per heavy atom. The van der Waals surface area contributed by atoms with Gasteiger partial charge in [0.1, 0.15) is 0 Å². The van der Waals surface area contributed by atoms with Gasteiger partial charge >= 0.3 is 0 Å². The van der Waals surface area contributed by atoms with Crippen LogP contribution in [0, 0.1) is 0 Å². The van der Waals surface area contributed by atoms with Crippen LogP contribution in [-0.2, 0) is 0 Å². The molecule has 1 aliphatic rings. The molecule has 0 aliphatic heterocycles. The molecule has 1 amide bonds. The summed E-state index contributed by atoms with van der Waals surface area (Å²) in [5.41, 5.74) is 1.60. The molecule has 1 heterocycles. The summed E-state index contributed by atoms with van der Waals surface area (Å²) in [4.78, 5) is 16.2. The van der Waals surface area contributed by atoms with Crippen molar-refractivity contribution in [3.63, 3.8) is 0 Å².